The van der Waals surface area contributed by atoms with Crippen molar-refractivity contribution in [3.05, 3.63) is 15.6 Å². The average molecular weight is 282 g/mol. The average Bonchev–Trinajstić information content (AvgIpc) is 2.54. The largest absolute Gasteiger partial charge is 0.481 e. The first kappa shape index (κ1) is 14.0. The van der Waals surface area contributed by atoms with Crippen molar-refractivity contribution in [1.29, 1.82) is 0 Å². The number of hydrogen-bond acceptors (Lipinski definition) is 4. The Morgan fingerprint density at radius 1 is 1.37 bits per heavy atom. The highest BCUT2D eigenvalue weighted by atomic mass is 32.1. The number of hydrogen-bond donors (Lipinski definition) is 2. The molecule has 2 rings (SSSR count). The Morgan fingerprint density at radius 3 is 2.53 bits per heavy atom. The van der Waals surface area contributed by atoms with E-state index in [0.29, 0.717) is 19.4 Å². The van der Waals surface area contributed by atoms with Gasteiger partial charge in [0.25, 0.3) is 0 Å². The number of nitrogens with zero attached hydrogens (tertiary/aromatic N) is 1. The molecule has 1 heterocycles. The maximum atomic E-state index is 11.8. The van der Waals surface area contributed by atoms with Crippen LogP contribution in [0.15, 0.2) is 0 Å². The Bertz CT molecular complexity index is 498. The molecule has 0 aliphatic heterocycles. The van der Waals surface area contributed by atoms with Gasteiger partial charge < -0.3 is 10.4 Å². The van der Waals surface area contributed by atoms with Crippen LogP contribution in [-0.2, 0) is 16.0 Å². The summed E-state index contributed by atoms with van der Waals surface area (Å²) >= 11 is 1.64. The number of carboxylic acids is 1. The second-order valence-electron chi connectivity index (χ2n) is 4.91. The number of thiazole rings is 1. The molecule has 1 aromatic rings. The van der Waals surface area contributed by atoms with Gasteiger partial charge in [0.2, 0.25) is 5.91 Å². The van der Waals surface area contributed by atoms with Gasteiger partial charge in [0.05, 0.1) is 22.5 Å². The summed E-state index contributed by atoms with van der Waals surface area (Å²) in [5, 5.41) is 12.8. The molecular weight excluding hydrogens is 264 g/mol. The van der Waals surface area contributed by atoms with Crippen molar-refractivity contribution < 1.29 is 14.7 Å². The molecule has 1 fully saturated rings. The molecule has 0 bridgehead atoms. The lowest BCUT2D eigenvalue weighted by molar-refractivity contribution is -0.152. The highest BCUT2D eigenvalue weighted by molar-refractivity contribution is 7.11. The van der Waals surface area contributed by atoms with E-state index in [0.717, 1.165) is 17.1 Å². The molecule has 0 aromatic carbocycles. The van der Waals surface area contributed by atoms with Gasteiger partial charge >= 0.3 is 5.97 Å². The molecule has 1 saturated carbocycles. The predicted molar refractivity (Wildman–Crippen MR) is 72.2 cm³/mol. The molecule has 0 spiro atoms. The van der Waals surface area contributed by atoms with Crippen LogP contribution in [0.1, 0.15) is 28.4 Å². The molecule has 2 N–H and O–H groups in total. The van der Waals surface area contributed by atoms with Gasteiger partial charge in [0, 0.05) is 17.8 Å². The SMILES string of the molecule is Cc1nc(C)c(CCNC(=O)C2CCC2C(=O)O)s1. The number of aromatic nitrogens is 1. The standard InChI is InChI=1S/C13H18N2O3S/c1-7-11(19-8(2)15-7)5-6-14-12(16)9-3-4-10(9)13(17)18/h9-10H,3-6H2,1-2H3,(H,14,16)(H,17,18). The Kier molecular flexibility index (Phi) is 4.19. The number of rotatable bonds is 5. The molecule has 1 aromatic heterocycles. The van der Waals surface area contributed by atoms with Crippen LogP contribution in [-0.4, -0.2) is 28.5 Å². The lowest BCUT2D eigenvalue weighted by atomic mass is 9.73. The first-order chi connectivity index (χ1) is 8.99. The van der Waals surface area contributed by atoms with Gasteiger partial charge in [-0.2, -0.15) is 0 Å². The molecule has 1 aliphatic rings. The van der Waals surface area contributed by atoms with Crippen LogP contribution in [0.2, 0.25) is 0 Å². The van der Waals surface area contributed by atoms with Crippen molar-refractivity contribution in [1.82, 2.24) is 10.3 Å². The van der Waals surface area contributed by atoms with Crippen LogP contribution >= 0.6 is 11.3 Å². The number of carbonyl (C=O) groups is 2. The van der Waals surface area contributed by atoms with E-state index in [-0.39, 0.29) is 11.8 Å². The zero-order valence-electron chi connectivity index (χ0n) is 11.1. The van der Waals surface area contributed by atoms with Crippen LogP contribution in [0, 0.1) is 25.7 Å². The van der Waals surface area contributed by atoms with Gasteiger partial charge in [-0.3, -0.25) is 9.59 Å². The van der Waals surface area contributed by atoms with E-state index in [1.54, 1.807) is 11.3 Å². The molecule has 1 aliphatic carbocycles. The number of nitrogens with one attached hydrogen (secondary N) is 1. The van der Waals surface area contributed by atoms with E-state index in [2.05, 4.69) is 10.3 Å². The van der Waals surface area contributed by atoms with Crippen molar-refractivity contribution in [3.8, 4) is 0 Å². The summed E-state index contributed by atoms with van der Waals surface area (Å²) < 4.78 is 0. The van der Waals surface area contributed by atoms with Gasteiger partial charge in [-0.25, -0.2) is 4.98 Å². The number of carboxylic acid groups (broad SMARTS) is 1. The maximum absolute atomic E-state index is 11.8. The van der Waals surface area contributed by atoms with Crippen molar-refractivity contribution in [2.24, 2.45) is 11.8 Å². The molecule has 2 unspecified atom stereocenters. The third kappa shape index (κ3) is 3.12. The first-order valence-corrected chi connectivity index (χ1v) is 7.24. The van der Waals surface area contributed by atoms with Crippen molar-refractivity contribution in [2.45, 2.75) is 33.1 Å². The molecule has 0 saturated heterocycles. The van der Waals surface area contributed by atoms with E-state index < -0.39 is 11.9 Å². The smallest absolute Gasteiger partial charge is 0.307 e. The summed E-state index contributed by atoms with van der Waals surface area (Å²) in [4.78, 5) is 28.2. The molecule has 6 heteroatoms. The quantitative estimate of drug-likeness (QED) is 0.858. The predicted octanol–water partition coefficient (Wildman–Crippen LogP) is 1.53. The van der Waals surface area contributed by atoms with Crippen LogP contribution in [0.3, 0.4) is 0 Å². The maximum Gasteiger partial charge on any atom is 0.307 e. The number of carbonyl (C=O) groups excluding carboxylic acids is 1. The zero-order chi connectivity index (χ0) is 14.0. The highest BCUT2D eigenvalue weighted by Gasteiger charge is 2.41. The van der Waals surface area contributed by atoms with Crippen LogP contribution in [0.5, 0.6) is 0 Å². The number of aryl methyl sites for hydroxylation is 2. The lowest BCUT2D eigenvalue weighted by Crippen LogP contribution is -2.44. The van der Waals surface area contributed by atoms with Gasteiger partial charge in [-0.1, -0.05) is 0 Å². The highest BCUT2D eigenvalue weighted by Crippen LogP contribution is 2.34. The van der Waals surface area contributed by atoms with Crippen molar-refractivity contribution >= 4 is 23.2 Å². The lowest BCUT2D eigenvalue weighted by Gasteiger charge is -2.31. The zero-order valence-corrected chi connectivity index (χ0v) is 11.9. The van der Waals surface area contributed by atoms with E-state index in [1.165, 1.54) is 4.88 Å². The van der Waals surface area contributed by atoms with Gasteiger partial charge in [-0.15, -0.1) is 11.3 Å². The molecule has 1 amide bonds. The van der Waals surface area contributed by atoms with Crippen LogP contribution in [0.25, 0.3) is 0 Å². The molecule has 19 heavy (non-hydrogen) atoms. The van der Waals surface area contributed by atoms with E-state index in [1.807, 2.05) is 13.8 Å². The van der Waals surface area contributed by atoms with E-state index in [9.17, 15) is 9.59 Å². The molecule has 2 atom stereocenters. The van der Waals surface area contributed by atoms with Crippen molar-refractivity contribution in [2.75, 3.05) is 6.54 Å². The topological polar surface area (TPSA) is 79.3 Å². The second-order valence-corrected chi connectivity index (χ2v) is 6.20. The summed E-state index contributed by atoms with van der Waals surface area (Å²) in [5.41, 5.74) is 1.02. The Balaban J connectivity index is 1.78. The van der Waals surface area contributed by atoms with E-state index in [4.69, 9.17) is 5.11 Å². The van der Waals surface area contributed by atoms with E-state index >= 15 is 0 Å². The fraction of sp³-hybridized carbons (Fsp3) is 0.615. The Hall–Kier alpha value is -1.43. The summed E-state index contributed by atoms with van der Waals surface area (Å²) in [7, 11) is 0. The van der Waals surface area contributed by atoms with Crippen LogP contribution in [0.4, 0.5) is 0 Å². The minimum Gasteiger partial charge on any atom is -0.481 e. The summed E-state index contributed by atoms with van der Waals surface area (Å²) in [6.07, 6.45) is 2.05. The summed E-state index contributed by atoms with van der Waals surface area (Å²) in [6, 6.07) is 0. The monoisotopic (exact) mass is 282 g/mol. The Morgan fingerprint density at radius 2 is 2.05 bits per heavy atom. The normalized spacial score (nSPS) is 21.8. The second kappa shape index (κ2) is 5.69. The fourth-order valence-electron chi connectivity index (χ4n) is 2.35. The number of aliphatic carboxylic acids is 1. The van der Waals surface area contributed by atoms with Gasteiger partial charge in [0.15, 0.2) is 0 Å². The third-order valence-corrected chi connectivity index (χ3v) is 4.71. The Labute approximate surface area is 116 Å². The minimum atomic E-state index is -0.861. The first-order valence-electron chi connectivity index (χ1n) is 6.42. The fourth-order valence-corrected chi connectivity index (χ4v) is 3.28. The summed E-state index contributed by atoms with van der Waals surface area (Å²) in [5.74, 6) is -1.83. The third-order valence-electron chi connectivity index (χ3n) is 3.58. The minimum absolute atomic E-state index is 0.127. The van der Waals surface area contributed by atoms with Crippen LogP contribution < -0.4 is 5.32 Å². The van der Waals surface area contributed by atoms with Gasteiger partial charge in [0.1, 0.15) is 0 Å². The van der Waals surface area contributed by atoms with Gasteiger partial charge in [-0.05, 0) is 26.7 Å². The molecule has 104 valence electrons. The number of amides is 1. The molecular formula is C13H18N2O3S. The summed E-state index contributed by atoms with van der Waals surface area (Å²) in [6.45, 7) is 4.47. The molecule has 0 radical (unpaired) electrons. The van der Waals surface area contributed by atoms with Crippen molar-refractivity contribution in [3.63, 3.8) is 0 Å². The molecule has 5 nitrogen and oxygen atoms in total.